The Morgan fingerprint density at radius 1 is 1.00 bits per heavy atom. The van der Waals surface area contributed by atoms with Gasteiger partial charge in [0.25, 0.3) is 0 Å². The highest BCUT2D eigenvalue weighted by Gasteiger charge is 2.30. The molecule has 1 aliphatic carbocycles. The van der Waals surface area contributed by atoms with Crippen molar-refractivity contribution in [3.63, 3.8) is 0 Å². The van der Waals surface area contributed by atoms with Gasteiger partial charge in [-0.3, -0.25) is 0 Å². The molecular weight excluding hydrogens is 239 g/mol. The summed E-state index contributed by atoms with van der Waals surface area (Å²) < 4.78 is 37.2. The summed E-state index contributed by atoms with van der Waals surface area (Å²) in [6, 6.07) is 5.70. The highest BCUT2D eigenvalue weighted by Crippen LogP contribution is 2.31. The largest absolute Gasteiger partial charge is 0.416 e. The lowest BCUT2D eigenvalue weighted by Crippen LogP contribution is -2.25. The second-order valence-electron chi connectivity index (χ2n) is 5.18. The van der Waals surface area contributed by atoms with E-state index in [2.05, 4.69) is 12.2 Å². The van der Waals surface area contributed by atoms with Crippen LogP contribution in [-0.4, -0.2) is 6.04 Å². The van der Waals surface area contributed by atoms with Gasteiger partial charge in [0.1, 0.15) is 0 Å². The number of hydrogen-bond acceptors (Lipinski definition) is 1. The van der Waals surface area contributed by atoms with Crippen molar-refractivity contribution in [3.05, 3.63) is 29.8 Å². The molecule has 0 aromatic heterocycles. The molecule has 0 heterocycles. The highest BCUT2D eigenvalue weighted by molar-refractivity contribution is 5.46. The number of rotatable bonds is 2. The molecule has 0 amide bonds. The van der Waals surface area contributed by atoms with E-state index in [9.17, 15) is 13.2 Å². The maximum atomic E-state index is 12.4. The fourth-order valence-corrected chi connectivity index (χ4v) is 2.40. The first-order valence-electron chi connectivity index (χ1n) is 6.39. The standard InChI is InChI=1S/C14H18F3N/c1-10-2-6-12(7-3-10)18-13-8-4-11(5-9-13)14(15,16)17/h4-5,8-10,12,18H,2-3,6-7H2,1H3. The van der Waals surface area contributed by atoms with E-state index in [0.717, 1.165) is 36.6 Å². The van der Waals surface area contributed by atoms with Crippen LogP contribution < -0.4 is 5.32 Å². The third-order valence-electron chi connectivity index (χ3n) is 3.60. The molecule has 1 N–H and O–H groups in total. The molecule has 100 valence electrons. The molecule has 0 saturated heterocycles. The van der Waals surface area contributed by atoms with Crippen molar-refractivity contribution < 1.29 is 13.2 Å². The Hall–Kier alpha value is -1.19. The molecule has 0 unspecified atom stereocenters. The van der Waals surface area contributed by atoms with Gasteiger partial charge < -0.3 is 5.32 Å². The molecule has 1 aromatic carbocycles. The summed E-state index contributed by atoms with van der Waals surface area (Å²) in [4.78, 5) is 0. The minimum Gasteiger partial charge on any atom is -0.382 e. The van der Waals surface area contributed by atoms with E-state index in [-0.39, 0.29) is 0 Å². The summed E-state index contributed by atoms with van der Waals surface area (Å²) >= 11 is 0. The maximum Gasteiger partial charge on any atom is 0.416 e. The van der Waals surface area contributed by atoms with Gasteiger partial charge in [-0.25, -0.2) is 0 Å². The fourth-order valence-electron chi connectivity index (χ4n) is 2.40. The fraction of sp³-hybridized carbons (Fsp3) is 0.571. The second kappa shape index (κ2) is 5.21. The van der Waals surface area contributed by atoms with Crippen LogP contribution in [0.5, 0.6) is 0 Å². The third kappa shape index (κ3) is 3.40. The number of halogens is 3. The molecule has 1 nitrogen and oxygen atoms in total. The number of nitrogens with one attached hydrogen (secondary N) is 1. The lowest BCUT2D eigenvalue weighted by molar-refractivity contribution is -0.137. The molecular formula is C14H18F3N. The van der Waals surface area contributed by atoms with Crippen LogP contribution in [0.4, 0.5) is 18.9 Å². The Bertz CT molecular complexity index is 375. The van der Waals surface area contributed by atoms with Gasteiger partial charge in [-0.1, -0.05) is 6.92 Å². The minimum atomic E-state index is -4.25. The zero-order valence-corrected chi connectivity index (χ0v) is 10.4. The van der Waals surface area contributed by atoms with Crippen molar-refractivity contribution in [2.75, 3.05) is 5.32 Å². The first kappa shape index (κ1) is 13.2. The van der Waals surface area contributed by atoms with E-state index >= 15 is 0 Å². The van der Waals surface area contributed by atoms with Gasteiger partial charge in [0.2, 0.25) is 0 Å². The summed E-state index contributed by atoms with van der Waals surface area (Å²) in [7, 11) is 0. The summed E-state index contributed by atoms with van der Waals surface area (Å²) in [5, 5.41) is 3.31. The van der Waals surface area contributed by atoms with Gasteiger partial charge >= 0.3 is 6.18 Å². The molecule has 0 bridgehead atoms. The van der Waals surface area contributed by atoms with Crippen LogP contribution in [0, 0.1) is 5.92 Å². The molecule has 0 aliphatic heterocycles. The average Bonchev–Trinajstić information content (AvgIpc) is 2.32. The molecule has 1 fully saturated rings. The van der Waals surface area contributed by atoms with Gasteiger partial charge in [-0.15, -0.1) is 0 Å². The molecule has 1 saturated carbocycles. The predicted molar refractivity (Wildman–Crippen MR) is 66.5 cm³/mol. The highest BCUT2D eigenvalue weighted by atomic mass is 19.4. The molecule has 1 aromatic rings. The zero-order chi connectivity index (χ0) is 13.2. The number of alkyl halides is 3. The van der Waals surface area contributed by atoms with Crippen LogP contribution in [0.2, 0.25) is 0 Å². The number of benzene rings is 1. The van der Waals surface area contributed by atoms with Crippen molar-refractivity contribution in [2.45, 2.75) is 44.8 Å². The van der Waals surface area contributed by atoms with Gasteiger partial charge in [0.15, 0.2) is 0 Å². The maximum absolute atomic E-state index is 12.4. The lowest BCUT2D eigenvalue weighted by Gasteiger charge is -2.27. The number of hydrogen-bond donors (Lipinski definition) is 1. The van der Waals surface area contributed by atoms with E-state index in [1.807, 2.05) is 0 Å². The van der Waals surface area contributed by atoms with Crippen molar-refractivity contribution in [1.82, 2.24) is 0 Å². The molecule has 18 heavy (non-hydrogen) atoms. The summed E-state index contributed by atoms with van der Waals surface area (Å²) in [6.07, 6.45) is 0.333. The van der Waals surface area contributed by atoms with Gasteiger partial charge in [-0.05, 0) is 55.9 Å². The third-order valence-corrected chi connectivity index (χ3v) is 3.60. The first-order chi connectivity index (χ1) is 8.45. The summed E-state index contributed by atoms with van der Waals surface area (Å²) in [6.45, 7) is 2.24. The topological polar surface area (TPSA) is 12.0 Å². The van der Waals surface area contributed by atoms with Crippen LogP contribution in [0.3, 0.4) is 0 Å². The van der Waals surface area contributed by atoms with E-state index in [0.29, 0.717) is 6.04 Å². The van der Waals surface area contributed by atoms with Crippen LogP contribution in [0.15, 0.2) is 24.3 Å². The molecule has 0 radical (unpaired) electrons. The normalized spacial score (nSPS) is 24.9. The van der Waals surface area contributed by atoms with E-state index in [1.165, 1.54) is 25.0 Å². The molecule has 0 atom stereocenters. The quantitative estimate of drug-likeness (QED) is 0.810. The van der Waals surface area contributed by atoms with Crippen molar-refractivity contribution in [3.8, 4) is 0 Å². The Balaban J connectivity index is 1.94. The van der Waals surface area contributed by atoms with E-state index in [1.54, 1.807) is 0 Å². The zero-order valence-electron chi connectivity index (χ0n) is 10.4. The Labute approximate surface area is 105 Å². The predicted octanol–water partition coefficient (Wildman–Crippen LogP) is 4.70. The van der Waals surface area contributed by atoms with Crippen molar-refractivity contribution in [2.24, 2.45) is 5.92 Å². The summed E-state index contributed by atoms with van der Waals surface area (Å²) in [5.74, 6) is 0.774. The Morgan fingerprint density at radius 3 is 2.06 bits per heavy atom. The molecule has 0 spiro atoms. The van der Waals surface area contributed by atoms with Crippen LogP contribution in [-0.2, 0) is 6.18 Å². The van der Waals surface area contributed by atoms with Crippen LogP contribution >= 0.6 is 0 Å². The van der Waals surface area contributed by atoms with E-state index in [4.69, 9.17) is 0 Å². The number of anilines is 1. The van der Waals surface area contributed by atoms with Crippen molar-refractivity contribution >= 4 is 5.69 Å². The SMILES string of the molecule is CC1CCC(Nc2ccc(C(F)(F)F)cc2)CC1. The second-order valence-corrected chi connectivity index (χ2v) is 5.18. The summed E-state index contributed by atoms with van der Waals surface area (Å²) in [5.41, 5.74) is 0.188. The molecule has 1 aliphatic rings. The van der Waals surface area contributed by atoms with E-state index < -0.39 is 11.7 Å². The monoisotopic (exact) mass is 257 g/mol. The van der Waals surface area contributed by atoms with Crippen molar-refractivity contribution in [1.29, 1.82) is 0 Å². The molecule has 2 rings (SSSR count). The average molecular weight is 257 g/mol. The lowest BCUT2D eigenvalue weighted by atomic mass is 9.87. The Kier molecular flexibility index (Phi) is 3.83. The van der Waals surface area contributed by atoms with Gasteiger partial charge in [0, 0.05) is 11.7 Å². The molecule has 4 heteroatoms. The van der Waals surface area contributed by atoms with Gasteiger partial charge in [-0.2, -0.15) is 13.2 Å². The van der Waals surface area contributed by atoms with Crippen LogP contribution in [0.25, 0.3) is 0 Å². The van der Waals surface area contributed by atoms with Gasteiger partial charge in [0.05, 0.1) is 5.56 Å². The first-order valence-corrected chi connectivity index (χ1v) is 6.39. The Morgan fingerprint density at radius 2 is 1.56 bits per heavy atom. The van der Waals surface area contributed by atoms with Crippen LogP contribution in [0.1, 0.15) is 38.2 Å². The smallest absolute Gasteiger partial charge is 0.382 e. The minimum absolute atomic E-state index is 0.401.